The van der Waals surface area contributed by atoms with E-state index in [9.17, 15) is 13.2 Å². The zero-order valence-corrected chi connectivity index (χ0v) is 16.6. The number of carbonyl (C=O) groups excluding carboxylic acids is 1. The number of rotatable bonds is 5. The van der Waals surface area contributed by atoms with Crippen LogP contribution in [-0.2, 0) is 15.8 Å². The van der Waals surface area contributed by atoms with Crippen LogP contribution in [0.15, 0.2) is 67.4 Å². The van der Waals surface area contributed by atoms with E-state index in [4.69, 9.17) is 0 Å². The molecule has 1 aliphatic heterocycles. The normalized spacial score (nSPS) is 15.4. The van der Waals surface area contributed by atoms with Crippen LogP contribution in [0.3, 0.4) is 0 Å². The Morgan fingerprint density at radius 3 is 2.38 bits per heavy atom. The summed E-state index contributed by atoms with van der Waals surface area (Å²) < 4.78 is 28.5. The lowest BCUT2D eigenvalue weighted by Crippen LogP contribution is -2.50. The van der Waals surface area contributed by atoms with Gasteiger partial charge in [-0.2, -0.15) is 4.31 Å². The Kier molecular flexibility index (Phi) is 5.41. The quantitative estimate of drug-likeness (QED) is 0.636. The fraction of sp³-hybridized carbons (Fsp3) is 0.250. The summed E-state index contributed by atoms with van der Waals surface area (Å²) >= 11 is 0. The lowest BCUT2D eigenvalue weighted by Gasteiger charge is -2.34. The van der Waals surface area contributed by atoms with Crippen molar-refractivity contribution < 1.29 is 13.2 Å². The summed E-state index contributed by atoms with van der Waals surface area (Å²) in [5.74, 6) is 0.507. The molecule has 0 bridgehead atoms. The molecule has 0 atom stereocenters. The van der Waals surface area contributed by atoms with E-state index in [0.717, 1.165) is 5.56 Å². The monoisotopic (exact) mass is 411 g/mol. The van der Waals surface area contributed by atoms with Crippen molar-refractivity contribution in [3.63, 3.8) is 0 Å². The number of carbonyl (C=O) groups is 1. The average molecular weight is 411 g/mol. The van der Waals surface area contributed by atoms with Crippen molar-refractivity contribution in [1.29, 1.82) is 0 Å². The van der Waals surface area contributed by atoms with Crippen LogP contribution in [-0.4, -0.2) is 64.2 Å². The zero-order valence-electron chi connectivity index (χ0n) is 15.8. The first-order chi connectivity index (χ1) is 14.0. The maximum Gasteiger partial charge on any atom is 0.255 e. The zero-order chi connectivity index (χ0) is 20.3. The number of piperazine rings is 1. The van der Waals surface area contributed by atoms with E-state index >= 15 is 0 Å². The van der Waals surface area contributed by atoms with E-state index in [2.05, 4.69) is 9.97 Å². The van der Waals surface area contributed by atoms with Crippen LogP contribution < -0.4 is 0 Å². The van der Waals surface area contributed by atoms with Gasteiger partial charge in [0.05, 0.1) is 11.3 Å². The molecule has 0 spiro atoms. The summed E-state index contributed by atoms with van der Waals surface area (Å²) in [5, 5.41) is 0. The number of aromatic nitrogens is 3. The van der Waals surface area contributed by atoms with Gasteiger partial charge in [0.1, 0.15) is 12.1 Å². The minimum absolute atomic E-state index is 0.0264. The lowest BCUT2D eigenvalue weighted by molar-refractivity contribution is 0.0697. The van der Waals surface area contributed by atoms with E-state index in [1.165, 1.54) is 10.5 Å². The third-order valence-electron chi connectivity index (χ3n) is 4.87. The minimum atomic E-state index is -3.41. The van der Waals surface area contributed by atoms with Crippen LogP contribution in [0.25, 0.3) is 5.82 Å². The molecule has 0 saturated carbocycles. The van der Waals surface area contributed by atoms with Gasteiger partial charge in [-0.3, -0.25) is 9.36 Å². The summed E-state index contributed by atoms with van der Waals surface area (Å²) in [6.45, 7) is 1.30. The maximum atomic E-state index is 12.7. The lowest BCUT2D eigenvalue weighted by atomic mass is 10.2. The van der Waals surface area contributed by atoms with Crippen LogP contribution >= 0.6 is 0 Å². The van der Waals surface area contributed by atoms with Gasteiger partial charge in [0, 0.05) is 44.8 Å². The first kappa shape index (κ1) is 19.3. The molecule has 4 rings (SSSR count). The number of nitrogens with zero attached hydrogens (tertiary/aromatic N) is 5. The van der Waals surface area contributed by atoms with Crippen molar-refractivity contribution in [2.24, 2.45) is 0 Å². The van der Waals surface area contributed by atoms with Gasteiger partial charge in [-0.25, -0.2) is 18.4 Å². The Balaban J connectivity index is 1.37. The van der Waals surface area contributed by atoms with Crippen molar-refractivity contribution in [3.8, 4) is 5.82 Å². The highest BCUT2D eigenvalue weighted by Gasteiger charge is 2.29. The topological polar surface area (TPSA) is 88.4 Å². The predicted molar refractivity (Wildman–Crippen MR) is 108 cm³/mol. The number of imidazole rings is 1. The highest BCUT2D eigenvalue weighted by atomic mass is 32.2. The molecule has 0 aliphatic carbocycles. The van der Waals surface area contributed by atoms with Gasteiger partial charge in [-0.1, -0.05) is 30.3 Å². The van der Waals surface area contributed by atoms with Gasteiger partial charge in [0.2, 0.25) is 10.0 Å². The molecule has 8 nitrogen and oxygen atoms in total. The van der Waals surface area contributed by atoms with Crippen molar-refractivity contribution in [2.75, 3.05) is 26.2 Å². The van der Waals surface area contributed by atoms with Crippen molar-refractivity contribution in [2.45, 2.75) is 5.75 Å². The molecule has 1 fully saturated rings. The molecule has 3 heterocycles. The molecule has 0 unspecified atom stereocenters. The number of sulfonamides is 1. The molecule has 150 valence electrons. The fourth-order valence-electron chi connectivity index (χ4n) is 3.29. The maximum absolute atomic E-state index is 12.7. The molecular weight excluding hydrogens is 390 g/mol. The SMILES string of the molecule is O=C(c1ccc(-n2ccnc2)nc1)N1CCN(S(=O)(=O)Cc2ccccc2)CC1. The Morgan fingerprint density at radius 1 is 1.00 bits per heavy atom. The molecule has 1 amide bonds. The molecule has 3 aromatic rings. The van der Waals surface area contributed by atoms with E-state index in [0.29, 0.717) is 37.6 Å². The van der Waals surface area contributed by atoms with Gasteiger partial charge < -0.3 is 4.90 Å². The van der Waals surface area contributed by atoms with Gasteiger partial charge in [0.15, 0.2) is 0 Å². The fourth-order valence-corrected chi connectivity index (χ4v) is 4.80. The summed E-state index contributed by atoms with van der Waals surface area (Å²) in [6.07, 6.45) is 6.61. The number of hydrogen-bond donors (Lipinski definition) is 0. The summed E-state index contributed by atoms with van der Waals surface area (Å²) in [7, 11) is -3.41. The Labute approximate surface area is 169 Å². The summed E-state index contributed by atoms with van der Waals surface area (Å²) in [5.41, 5.74) is 1.24. The molecule has 2 aromatic heterocycles. The first-order valence-corrected chi connectivity index (χ1v) is 10.9. The van der Waals surface area contributed by atoms with E-state index in [1.54, 1.807) is 52.5 Å². The number of hydrogen-bond acceptors (Lipinski definition) is 5. The highest BCUT2D eigenvalue weighted by Crippen LogP contribution is 2.15. The van der Waals surface area contributed by atoms with Gasteiger partial charge in [-0.15, -0.1) is 0 Å². The molecule has 0 N–H and O–H groups in total. The molecule has 29 heavy (non-hydrogen) atoms. The second-order valence-corrected chi connectivity index (χ2v) is 8.78. The van der Waals surface area contributed by atoms with Crippen LogP contribution in [0.4, 0.5) is 0 Å². The molecule has 9 heteroatoms. The van der Waals surface area contributed by atoms with Gasteiger partial charge in [-0.05, 0) is 17.7 Å². The third-order valence-corrected chi connectivity index (χ3v) is 6.72. The Hall–Kier alpha value is -3.04. The van der Waals surface area contributed by atoms with Gasteiger partial charge in [0.25, 0.3) is 5.91 Å². The Bertz CT molecular complexity index is 1060. The second kappa shape index (κ2) is 8.14. The van der Waals surface area contributed by atoms with Crippen LogP contribution in [0.5, 0.6) is 0 Å². The molecule has 1 aromatic carbocycles. The standard InChI is InChI=1S/C20H21N5O3S/c26-20(18-6-7-19(22-14-18)24-9-8-21-16-24)23-10-12-25(13-11-23)29(27,28)15-17-4-2-1-3-5-17/h1-9,14,16H,10-13,15H2. The highest BCUT2D eigenvalue weighted by molar-refractivity contribution is 7.88. The number of pyridine rings is 1. The number of benzene rings is 1. The summed E-state index contributed by atoms with van der Waals surface area (Å²) in [6, 6.07) is 12.6. The molecular formula is C20H21N5O3S. The molecule has 1 aliphatic rings. The van der Waals surface area contributed by atoms with Crippen LogP contribution in [0.2, 0.25) is 0 Å². The average Bonchev–Trinajstić information content (AvgIpc) is 3.29. The van der Waals surface area contributed by atoms with Crippen LogP contribution in [0, 0.1) is 0 Å². The van der Waals surface area contributed by atoms with E-state index in [-0.39, 0.29) is 11.7 Å². The third kappa shape index (κ3) is 4.36. The largest absolute Gasteiger partial charge is 0.336 e. The molecule has 1 saturated heterocycles. The van der Waals surface area contributed by atoms with Crippen LogP contribution in [0.1, 0.15) is 15.9 Å². The summed E-state index contributed by atoms with van der Waals surface area (Å²) in [4.78, 5) is 22.7. The Morgan fingerprint density at radius 2 is 1.76 bits per heavy atom. The molecule has 0 radical (unpaired) electrons. The smallest absolute Gasteiger partial charge is 0.255 e. The number of amides is 1. The van der Waals surface area contributed by atoms with Crippen molar-refractivity contribution in [3.05, 3.63) is 78.5 Å². The minimum Gasteiger partial charge on any atom is -0.336 e. The predicted octanol–water partition coefficient (Wildman–Crippen LogP) is 1.56. The van der Waals surface area contributed by atoms with Crippen molar-refractivity contribution >= 4 is 15.9 Å². The van der Waals surface area contributed by atoms with Gasteiger partial charge >= 0.3 is 0 Å². The van der Waals surface area contributed by atoms with E-state index < -0.39 is 10.0 Å². The van der Waals surface area contributed by atoms with E-state index in [1.807, 2.05) is 18.2 Å². The van der Waals surface area contributed by atoms with Crippen molar-refractivity contribution in [1.82, 2.24) is 23.7 Å². The second-order valence-electron chi connectivity index (χ2n) is 6.81. The first-order valence-electron chi connectivity index (χ1n) is 9.28.